The van der Waals surface area contributed by atoms with Crippen molar-refractivity contribution in [2.45, 2.75) is 45.2 Å². The van der Waals surface area contributed by atoms with E-state index in [1.165, 1.54) is 7.11 Å². The molecule has 3 aromatic carbocycles. The Labute approximate surface area is 240 Å². The molecule has 1 saturated heterocycles. The molecule has 0 aliphatic carbocycles. The normalized spacial score (nSPS) is 16.1. The smallest absolute Gasteiger partial charge is 0.407 e. The fourth-order valence-corrected chi connectivity index (χ4v) is 5.02. The van der Waals surface area contributed by atoms with Crippen LogP contribution in [0.15, 0.2) is 60.7 Å². The zero-order valence-electron chi connectivity index (χ0n) is 23.6. The lowest BCUT2D eigenvalue weighted by atomic mass is 9.97. The van der Waals surface area contributed by atoms with Crippen molar-refractivity contribution in [2.75, 3.05) is 36.2 Å². The Kier molecular flexibility index (Phi) is 9.01. The molecule has 4 rings (SSSR count). The van der Waals surface area contributed by atoms with Crippen LogP contribution in [-0.2, 0) is 14.3 Å². The summed E-state index contributed by atoms with van der Waals surface area (Å²) in [5.41, 5.74) is 23.8. The van der Waals surface area contributed by atoms with Crippen molar-refractivity contribution in [1.29, 1.82) is 0 Å². The summed E-state index contributed by atoms with van der Waals surface area (Å²) >= 11 is 0. The molecule has 1 aliphatic heterocycles. The summed E-state index contributed by atoms with van der Waals surface area (Å²) in [6.45, 7) is 4.25. The maximum absolute atomic E-state index is 13.5. The molecule has 0 saturated carbocycles. The number of methoxy groups -OCH3 is 1. The average molecular weight is 559 g/mol. The molecule has 3 aromatic rings. The lowest BCUT2D eigenvalue weighted by Gasteiger charge is -2.31. The number of carbonyl (C=O) groups is 3. The molecule has 216 valence electrons. The first kappa shape index (κ1) is 29.3. The van der Waals surface area contributed by atoms with Crippen molar-refractivity contribution >= 4 is 40.7 Å². The minimum atomic E-state index is -0.790. The number of carbonyl (C=O) groups excluding carboxylic acids is 3. The zero-order chi connectivity index (χ0) is 29.7. The van der Waals surface area contributed by atoms with Gasteiger partial charge in [-0.2, -0.15) is 0 Å². The summed E-state index contributed by atoms with van der Waals surface area (Å²) in [5.74, 6) is -0.758. The van der Waals surface area contributed by atoms with Gasteiger partial charge in [0.1, 0.15) is 12.1 Å². The van der Waals surface area contributed by atoms with Crippen LogP contribution in [0, 0.1) is 5.92 Å². The van der Waals surface area contributed by atoms with Crippen molar-refractivity contribution in [3.63, 3.8) is 0 Å². The number of nitrogens with one attached hydrogen (secondary N) is 2. The first-order valence-electron chi connectivity index (χ1n) is 13.7. The van der Waals surface area contributed by atoms with Crippen LogP contribution in [0.4, 0.5) is 27.5 Å². The Hall–Kier alpha value is -4.73. The molecule has 1 aliphatic rings. The van der Waals surface area contributed by atoms with Gasteiger partial charge in [0.05, 0.1) is 29.9 Å². The molecular weight excluding hydrogens is 520 g/mol. The molecule has 3 amide bonds. The molecule has 41 heavy (non-hydrogen) atoms. The van der Waals surface area contributed by atoms with Crippen LogP contribution in [0.1, 0.15) is 33.1 Å². The van der Waals surface area contributed by atoms with Gasteiger partial charge in [-0.15, -0.1) is 0 Å². The molecule has 8 N–H and O–H groups in total. The van der Waals surface area contributed by atoms with E-state index in [-0.39, 0.29) is 17.7 Å². The summed E-state index contributed by atoms with van der Waals surface area (Å²) < 4.78 is 4.72. The van der Waals surface area contributed by atoms with Gasteiger partial charge < -0.3 is 37.5 Å². The summed E-state index contributed by atoms with van der Waals surface area (Å²) in [7, 11) is 1.25. The van der Waals surface area contributed by atoms with Crippen LogP contribution in [-0.4, -0.2) is 48.5 Å². The fraction of sp³-hybridized carbons (Fsp3) is 0.323. The predicted octanol–water partition coefficient (Wildman–Crippen LogP) is 4.47. The third-order valence-electron chi connectivity index (χ3n) is 7.73. The van der Waals surface area contributed by atoms with Crippen LogP contribution in [0.2, 0.25) is 0 Å². The van der Waals surface area contributed by atoms with Gasteiger partial charge >= 0.3 is 6.09 Å². The monoisotopic (exact) mass is 558 g/mol. The van der Waals surface area contributed by atoms with Gasteiger partial charge in [0.2, 0.25) is 11.8 Å². The van der Waals surface area contributed by atoms with E-state index in [4.69, 9.17) is 21.9 Å². The number of hydrogen-bond acceptors (Lipinski definition) is 7. The molecular formula is C31H38N6O4. The van der Waals surface area contributed by atoms with Gasteiger partial charge in [0.25, 0.3) is 0 Å². The number of ether oxygens (including phenoxy) is 1. The highest BCUT2D eigenvalue weighted by Gasteiger charge is 2.39. The number of anilines is 4. The van der Waals surface area contributed by atoms with Gasteiger partial charge in [-0.25, -0.2) is 4.79 Å². The average Bonchev–Trinajstić information content (AvgIpc) is 3.48. The molecule has 1 heterocycles. The van der Waals surface area contributed by atoms with Crippen molar-refractivity contribution in [3.8, 4) is 22.3 Å². The first-order chi connectivity index (χ1) is 19.6. The SMILES string of the molecule is CCC(C)C(NC(=O)OC)C(=O)N1CCCC1C(=O)Nc1cc(-c2ccc(-c3ccc(N)c(N)c3)cc2)ccc1N. The molecule has 3 unspecified atom stereocenters. The van der Waals surface area contributed by atoms with E-state index in [1.807, 2.05) is 62.4 Å². The summed E-state index contributed by atoms with van der Waals surface area (Å²) in [5, 5.41) is 5.58. The van der Waals surface area contributed by atoms with Crippen LogP contribution in [0.25, 0.3) is 22.3 Å². The summed E-state index contributed by atoms with van der Waals surface area (Å²) in [6.07, 6.45) is 1.18. The van der Waals surface area contributed by atoms with Crippen molar-refractivity contribution in [1.82, 2.24) is 10.2 Å². The quantitative estimate of drug-likeness (QED) is 0.254. The Morgan fingerprint density at radius 3 is 2.07 bits per heavy atom. The molecule has 1 fully saturated rings. The fourth-order valence-electron chi connectivity index (χ4n) is 5.02. The number of nitrogens with two attached hydrogens (primary N) is 3. The lowest BCUT2D eigenvalue weighted by Crippen LogP contribution is -2.54. The van der Waals surface area contributed by atoms with E-state index in [0.29, 0.717) is 48.6 Å². The molecule has 3 atom stereocenters. The Bertz CT molecular complexity index is 1420. The number of benzene rings is 3. The van der Waals surface area contributed by atoms with Gasteiger partial charge in [-0.1, -0.05) is 56.7 Å². The first-order valence-corrected chi connectivity index (χ1v) is 13.7. The van der Waals surface area contributed by atoms with Gasteiger partial charge in [-0.05, 0) is 65.3 Å². The number of hydrogen-bond donors (Lipinski definition) is 5. The number of rotatable bonds is 8. The number of amides is 3. The van der Waals surface area contributed by atoms with E-state index in [1.54, 1.807) is 17.0 Å². The standard InChI is InChI=1S/C31H38N6O4/c1-4-18(2)28(36-31(40)41-3)30(39)37-15-5-6-27(37)29(38)35-26-17-22(12-14-24(26)33)20-9-7-19(8-10-20)21-11-13-23(32)25(34)16-21/h7-14,16-18,27-28H,4-6,15,32-34H2,1-3H3,(H,35,38)(H,36,40). The van der Waals surface area contributed by atoms with Gasteiger partial charge in [0, 0.05) is 6.54 Å². The van der Waals surface area contributed by atoms with E-state index >= 15 is 0 Å². The topological polar surface area (TPSA) is 166 Å². The number of likely N-dealkylation sites (tertiary alicyclic amines) is 1. The van der Waals surface area contributed by atoms with Crippen molar-refractivity contribution in [3.05, 3.63) is 60.7 Å². The Morgan fingerprint density at radius 1 is 0.902 bits per heavy atom. The highest BCUT2D eigenvalue weighted by atomic mass is 16.5. The van der Waals surface area contributed by atoms with E-state index < -0.39 is 18.2 Å². The van der Waals surface area contributed by atoms with Crippen molar-refractivity contribution < 1.29 is 19.1 Å². The second-order valence-electron chi connectivity index (χ2n) is 10.4. The predicted molar refractivity (Wildman–Crippen MR) is 163 cm³/mol. The Morgan fingerprint density at radius 2 is 1.49 bits per heavy atom. The molecule has 0 aromatic heterocycles. The Balaban J connectivity index is 1.51. The maximum atomic E-state index is 13.5. The largest absolute Gasteiger partial charge is 0.453 e. The third kappa shape index (κ3) is 6.54. The lowest BCUT2D eigenvalue weighted by molar-refractivity contribution is -0.139. The van der Waals surface area contributed by atoms with Crippen LogP contribution >= 0.6 is 0 Å². The van der Waals surface area contributed by atoms with Crippen molar-refractivity contribution in [2.24, 2.45) is 5.92 Å². The zero-order valence-corrected chi connectivity index (χ0v) is 23.6. The van der Waals surface area contributed by atoms with Gasteiger partial charge in [0.15, 0.2) is 0 Å². The minimum Gasteiger partial charge on any atom is -0.453 e. The van der Waals surface area contributed by atoms with E-state index in [2.05, 4.69) is 10.6 Å². The highest BCUT2D eigenvalue weighted by molar-refractivity contribution is 6.01. The molecule has 0 radical (unpaired) electrons. The number of nitrogen functional groups attached to an aromatic ring is 3. The van der Waals surface area contributed by atoms with Gasteiger partial charge in [-0.3, -0.25) is 9.59 Å². The van der Waals surface area contributed by atoms with Crippen LogP contribution in [0.3, 0.4) is 0 Å². The molecule has 0 bridgehead atoms. The minimum absolute atomic E-state index is 0.137. The van der Waals surface area contributed by atoms with Crippen LogP contribution in [0.5, 0.6) is 0 Å². The third-order valence-corrected chi connectivity index (χ3v) is 7.73. The summed E-state index contributed by atoms with van der Waals surface area (Å²) in [4.78, 5) is 40.4. The van der Waals surface area contributed by atoms with E-state index in [0.717, 1.165) is 22.3 Å². The number of nitrogens with zero attached hydrogens (tertiary/aromatic N) is 1. The number of alkyl carbamates (subject to hydrolysis) is 1. The molecule has 10 heteroatoms. The second kappa shape index (κ2) is 12.6. The maximum Gasteiger partial charge on any atom is 0.407 e. The molecule has 0 spiro atoms. The van der Waals surface area contributed by atoms with E-state index in [9.17, 15) is 14.4 Å². The highest BCUT2D eigenvalue weighted by Crippen LogP contribution is 2.31. The van der Waals surface area contributed by atoms with Crippen LogP contribution < -0.4 is 27.8 Å². The second-order valence-corrected chi connectivity index (χ2v) is 10.4. The molecule has 10 nitrogen and oxygen atoms in total. The summed E-state index contributed by atoms with van der Waals surface area (Å²) in [6, 6.07) is 17.5.